The van der Waals surface area contributed by atoms with Gasteiger partial charge in [-0.3, -0.25) is 0 Å². The zero-order valence-electron chi connectivity index (χ0n) is 12.3. The Labute approximate surface area is 120 Å². The Kier molecular flexibility index (Phi) is 5.87. The van der Waals surface area contributed by atoms with Gasteiger partial charge < -0.3 is 5.32 Å². The van der Waals surface area contributed by atoms with E-state index in [-0.39, 0.29) is 5.41 Å². The van der Waals surface area contributed by atoms with Crippen molar-refractivity contribution in [3.63, 3.8) is 0 Å². The zero-order valence-corrected chi connectivity index (χ0v) is 13.8. The van der Waals surface area contributed by atoms with Crippen LogP contribution < -0.4 is 5.32 Å². The number of hydrogen-bond donors (Lipinski definition) is 1. The lowest BCUT2D eigenvalue weighted by molar-refractivity contribution is 0.202. The van der Waals surface area contributed by atoms with E-state index >= 15 is 0 Å². The fraction of sp³-hybridized carbons (Fsp3) is 0.625. The van der Waals surface area contributed by atoms with Crippen LogP contribution in [0, 0.1) is 11.3 Å². The van der Waals surface area contributed by atoms with Crippen LogP contribution in [-0.4, -0.2) is 12.6 Å². The molecule has 1 atom stereocenters. The molecule has 0 radical (unpaired) electrons. The third-order valence-corrected chi connectivity index (χ3v) is 4.63. The topological polar surface area (TPSA) is 12.0 Å². The van der Waals surface area contributed by atoms with Gasteiger partial charge in [0, 0.05) is 17.1 Å². The Morgan fingerprint density at radius 3 is 2.28 bits per heavy atom. The van der Waals surface area contributed by atoms with Crippen LogP contribution in [0.2, 0.25) is 0 Å². The quantitative estimate of drug-likeness (QED) is 0.806. The molecule has 1 nitrogen and oxygen atoms in total. The van der Waals surface area contributed by atoms with Crippen LogP contribution >= 0.6 is 15.9 Å². The smallest absolute Gasteiger partial charge is 0.0207 e. The summed E-state index contributed by atoms with van der Waals surface area (Å²) in [5, 5.41) is 3.59. The summed E-state index contributed by atoms with van der Waals surface area (Å²) in [6.07, 6.45) is 1.10. The average molecular weight is 312 g/mol. The predicted octanol–water partition coefficient (Wildman–Crippen LogP) is 4.65. The van der Waals surface area contributed by atoms with Crippen molar-refractivity contribution in [2.24, 2.45) is 11.3 Å². The van der Waals surface area contributed by atoms with Crippen molar-refractivity contribution in [2.45, 2.75) is 47.1 Å². The summed E-state index contributed by atoms with van der Waals surface area (Å²) in [5.41, 5.74) is 1.69. The highest BCUT2D eigenvalue weighted by molar-refractivity contribution is 9.10. The molecule has 102 valence electrons. The third kappa shape index (κ3) is 4.40. The minimum absolute atomic E-state index is 0.286. The first kappa shape index (κ1) is 15.7. The van der Waals surface area contributed by atoms with Gasteiger partial charge in [0.2, 0.25) is 0 Å². The van der Waals surface area contributed by atoms with E-state index in [1.54, 1.807) is 0 Å². The molecule has 0 aliphatic heterocycles. The first-order valence-electron chi connectivity index (χ1n) is 6.82. The van der Waals surface area contributed by atoms with Crippen molar-refractivity contribution >= 4 is 15.9 Å². The molecule has 0 bridgehead atoms. The first-order chi connectivity index (χ1) is 8.35. The third-order valence-electron chi connectivity index (χ3n) is 3.86. The maximum Gasteiger partial charge on any atom is 0.0207 e. The van der Waals surface area contributed by atoms with Crippen molar-refractivity contribution < 1.29 is 0 Å². The minimum Gasteiger partial charge on any atom is -0.314 e. The van der Waals surface area contributed by atoms with Crippen LogP contribution in [0.1, 0.15) is 40.2 Å². The Hall–Kier alpha value is -0.340. The van der Waals surface area contributed by atoms with Gasteiger partial charge in [0.15, 0.2) is 0 Å². The maximum atomic E-state index is 3.66. The van der Waals surface area contributed by atoms with Gasteiger partial charge in [-0.1, -0.05) is 68.7 Å². The van der Waals surface area contributed by atoms with Gasteiger partial charge in [0.05, 0.1) is 0 Å². The summed E-state index contributed by atoms with van der Waals surface area (Å²) in [6, 6.07) is 9.09. The van der Waals surface area contributed by atoms with Crippen molar-refractivity contribution in [3.8, 4) is 0 Å². The molecule has 0 spiro atoms. The van der Waals surface area contributed by atoms with Gasteiger partial charge in [0.25, 0.3) is 0 Å². The second-order valence-electron chi connectivity index (χ2n) is 6.11. The van der Waals surface area contributed by atoms with E-state index in [4.69, 9.17) is 0 Å². The average Bonchev–Trinajstić information content (AvgIpc) is 2.29. The number of nitrogens with one attached hydrogen (secondary N) is 1. The van der Waals surface area contributed by atoms with Gasteiger partial charge >= 0.3 is 0 Å². The molecule has 18 heavy (non-hydrogen) atoms. The van der Waals surface area contributed by atoms with Gasteiger partial charge in [-0.05, 0) is 29.4 Å². The standard InChI is InChI=1S/C16H26BrN/c1-12(2)16(5,11-18-13(3)4)10-14-8-6-7-9-15(14)17/h6-9,12-13,18H,10-11H2,1-5H3. The Bertz CT molecular complexity index is 373. The van der Waals surface area contributed by atoms with E-state index in [1.807, 2.05) is 0 Å². The summed E-state index contributed by atoms with van der Waals surface area (Å²) in [5.74, 6) is 0.649. The summed E-state index contributed by atoms with van der Waals surface area (Å²) in [4.78, 5) is 0. The first-order valence-corrected chi connectivity index (χ1v) is 7.61. The Balaban J connectivity index is 2.83. The van der Waals surface area contributed by atoms with Gasteiger partial charge in [-0.25, -0.2) is 0 Å². The van der Waals surface area contributed by atoms with Crippen LogP contribution in [0.4, 0.5) is 0 Å². The van der Waals surface area contributed by atoms with E-state index in [0.717, 1.165) is 13.0 Å². The molecular weight excluding hydrogens is 286 g/mol. The molecule has 2 heteroatoms. The molecule has 1 unspecified atom stereocenters. The molecular formula is C16H26BrN. The normalized spacial score (nSPS) is 15.1. The highest BCUT2D eigenvalue weighted by Crippen LogP contribution is 2.33. The lowest BCUT2D eigenvalue weighted by Crippen LogP contribution is -2.40. The molecule has 0 amide bonds. The van der Waals surface area contributed by atoms with Gasteiger partial charge in [-0.15, -0.1) is 0 Å². The van der Waals surface area contributed by atoms with Crippen LogP contribution in [0.3, 0.4) is 0 Å². The SMILES string of the molecule is CC(C)NCC(C)(Cc1ccccc1Br)C(C)C. The number of benzene rings is 1. The second-order valence-corrected chi connectivity index (χ2v) is 6.97. The largest absolute Gasteiger partial charge is 0.314 e. The highest BCUT2D eigenvalue weighted by Gasteiger charge is 2.29. The summed E-state index contributed by atoms with van der Waals surface area (Å²) in [6.45, 7) is 12.5. The van der Waals surface area contributed by atoms with Crippen LogP contribution in [0.15, 0.2) is 28.7 Å². The molecule has 1 rings (SSSR count). The number of halogens is 1. The second kappa shape index (κ2) is 6.72. The Morgan fingerprint density at radius 2 is 1.78 bits per heavy atom. The monoisotopic (exact) mass is 311 g/mol. The predicted molar refractivity (Wildman–Crippen MR) is 83.9 cm³/mol. The van der Waals surface area contributed by atoms with E-state index in [2.05, 4.69) is 80.1 Å². The van der Waals surface area contributed by atoms with Crippen molar-refractivity contribution in [2.75, 3.05) is 6.54 Å². The summed E-state index contributed by atoms with van der Waals surface area (Å²) < 4.78 is 1.22. The van der Waals surface area contributed by atoms with Crippen molar-refractivity contribution in [1.82, 2.24) is 5.32 Å². The van der Waals surface area contributed by atoms with E-state index in [0.29, 0.717) is 12.0 Å². The molecule has 0 aliphatic rings. The summed E-state index contributed by atoms with van der Waals surface area (Å²) in [7, 11) is 0. The lowest BCUT2D eigenvalue weighted by atomic mass is 9.74. The van der Waals surface area contributed by atoms with E-state index < -0.39 is 0 Å². The molecule has 0 aliphatic carbocycles. The Morgan fingerprint density at radius 1 is 1.17 bits per heavy atom. The van der Waals surface area contributed by atoms with Crippen molar-refractivity contribution in [3.05, 3.63) is 34.3 Å². The van der Waals surface area contributed by atoms with Crippen LogP contribution in [-0.2, 0) is 6.42 Å². The molecule has 1 aromatic carbocycles. The highest BCUT2D eigenvalue weighted by atomic mass is 79.9. The lowest BCUT2D eigenvalue weighted by Gasteiger charge is -2.35. The minimum atomic E-state index is 0.286. The molecule has 0 fully saturated rings. The van der Waals surface area contributed by atoms with Crippen LogP contribution in [0.5, 0.6) is 0 Å². The molecule has 0 saturated carbocycles. The molecule has 0 aromatic heterocycles. The molecule has 0 saturated heterocycles. The number of rotatable bonds is 6. The molecule has 1 N–H and O–H groups in total. The molecule has 1 aromatic rings. The van der Waals surface area contributed by atoms with Crippen molar-refractivity contribution in [1.29, 1.82) is 0 Å². The van der Waals surface area contributed by atoms with E-state index in [9.17, 15) is 0 Å². The van der Waals surface area contributed by atoms with Crippen LogP contribution in [0.25, 0.3) is 0 Å². The maximum absolute atomic E-state index is 3.66. The van der Waals surface area contributed by atoms with Gasteiger partial charge in [0.1, 0.15) is 0 Å². The number of hydrogen-bond acceptors (Lipinski definition) is 1. The molecule has 0 heterocycles. The van der Waals surface area contributed by atoms with E-state index in [1.165, 1.54) is 10.0 Å². The zero-order chi connectivity index (χ0) is 13.8. The fourth-order valence-electron chi connectivity index (χ4n) is 1.98. The summed E-state index contributed by atoms with van der Waals surface area (Å²) >= 11 is 3.66. The van der Waals surface area contributed by atoms with Gasteiger partial charge in [-0.2, -0.15) is 0 Å². The fourth-order valence-corrected chi connectivity index (χ4v) is 2.41.